The number of nitrogens with zero attached hydrogens (tertiary/aromatic N) is 1. The first-order valence-corrected chi connectivity index (χ1v) is 6.27. The minimum atomic E-state index is -1.22. The number of ether oxygens (including phenoxy) is 1. The van der Waals surface area contributed by atoms with Gasteiger partial charge in [-0.05, 0) is 12.1 Å². The number of carboxylic acid groups (broad SMARTS) is 1. The summed E-state index contributed by atoms with van der Waals surface area (Å²) in [6, 6.07) is 6.50. The van der Waals surface area contributed by atoms with E-state index in [1.165, 1.54) is 0 Å². The van der Waals surface area contributed by atoms with Gasteiger partial charge in [-0.15, -0.1) is 0 Å². The van der Waals surface area contributed by atoms with Gasteiger partial charge in [-0.1, -0.05) is 12.1 Å². The number of aliphatic carboxylic acids is 1. The lowest BCUT2D eigenvalue weighted by atomic mass is 10.1. The molecule has 0 aliphatic carbocycles. The number of hydrogen-bond acceptors (Lipinski definition) is 5. The number of amides is 2. The van der Waals surface area contributed by atoms with Crippen LogP contribution in [0.2, 0.25) is 0 Å². The number of fused-ring (bicyclic) bond motifs is 1. The minimum Gasteiger partial charge on any atom is -0.481 e. The molecule has 2 amide bonds. The number of imide groups is 1. The van der Waals surface area contributed by atoms with E-state index in [-0.39, 0.29) is 19.8 Å². The van der Waals surface area contributed by atoms with Crippen LogP contribution in [0.25, 0.3) is 0 Å². The van der Waals surface area contributed by atoms with Crippen LogP contribution in [0.5, 0.6) is 0 Å². The van der Waals surface area contributed by atoms with E-state index in [4.69, 9.17) is 9.84 Å². The van der Waals surface area contributed by atoms with E-state index >= 15 is 0 Å². The molecule has 0 bridgehead atoms. The molecular weight excluding hydrogens is 278 g/mol. The molecule has 0 saturated heterocycles. The summed E-state index contributed by atoms with van der Waals surface area (Å²) in [5, 5.41) is 8.41. The molecule has 0 unspecified atom stereocenters. The number of carboxylic acids is 1. The zero-order valence-electron chi connectivity index (χ0n) is 11.1. The normalized spacial score (nSPS) is 13.4. The van der Waals surface area contributed by atoms with Crippen LogP contribution in [0.3, 0.4) is 0 Å². The van der Waals surface area contributed by atoms with Gasteiger partial charge >= 0.3 is 5.97 Å². The molecule has 7 heteroatoms. The molecule has 2 rings (SSSR count). The Morgan fingerprint density at radius 3 is 2.19 bits per heavy atom. The van der Waals surface area contributed by atoms with Crippen LogP contribution < -0.4 is 0 Å². The van der Waals surface area contributed by atoms with Crippen molar-refractivity contribution in [2.75, 3.05) is 19.8 Å². The van der Waals surface area contributed by atoms with Crippen LogP contribution in [0, 0.1) is 0 Å². The second-order valence-electron chi connectivity index (χ2n) is 4.47. The smallest absolute Gasteiger partial charge is 0.310 e. The lowest BCUT2D eigenvalue weighted by molar-refractivity contribution is -0.141. The number of carbonyl (C=O) groups excluding carboxylic acids is 3. The van der Waals surface area contributed by atoms with Gasteiger partial charge < -0.3 is 9.84 Å². The summed E-state index contributed by atoms with van der Waals surface area (Å²) >= 11 is 0. The maximum absolute atomic E-state index is 12.0. The van der Waals surface area contributed by atoms with Crippen molar-refractivity contribution in [1.29, 1.82) is 0 Å². The van der Waals surface area contributed by atoms with E-state index in [2.05, 4.69) is 0 Å². The fourth-order valence-corrected chi connectivity index (χ4v) is 2.00. The Hall–Kier alpha value is -2.54. The lowest BCUT2D eigenvalue weighted by Gasteiger charge is -2.13. The minimum absolute atomic E-state index is 0.0170. The molecule has 7 nitrogen and oxygen atoms in total. The Morgan fingerprint density at radius 1 is 1.10 bits per heavy atom. The monoisotopic (exact) mass is 291 g/mol. The van der Waals surface area contributed by atoms with Gasteiger partial charge in [0, 0.05) is 0 Å². The predicted molar refractivity (Wildman–Crippen MR) is 69.9 cm³/mol. The molecular formula is C14H13NO6. The Morgan fingerprint density at radius 2 is 1.67 bits per heavy atom. The van der Waals surface area contributed by atoms with Gasteiger partial charge in [0.25, 0.3) is 11.8 Å². The van der Waals surface area contributed by atoms with Crippen LogP contribution in [0.1, 0.15) is 27.1 Å². The summed E-state index contributed by atoms with van der Waals surface area (Å²) in [5.74, 6) is -2.57. The summed E-state index contributed by atoms with van der Waals surface area (Å²) in [7, 11) is 0. The number of ketones is 1. The van der Waals surface area contributed by atoms with Gasteiger partial charge in [0.1, 0.15) is 13.0 Å². The number of Topliss-reactive ketones (excluding diaryl/α,β-unsaturated/α-hetero) is 1. The van der Waals surface area contributed by atoms with Crippen molar-refractivity contribution in [3.8, 4) is 0 Å². The molecule has 1 aliphatic heterocycles. The first kappa shape index (κ1) is 14.9. The van der Waals surface area contributed by atoms with E-state index in [9.17, 15) is 19.2 Å². The van der Waals surface area contributed by atoms with Crippen LogP contribution in [-0.2, 0) is 14.3 Å². The van der Waals surface area contributed by atoms with Gasteiger partial charge in [-0.2, -0.15) is 0 Å². The third kappa shape index (κ3) is 3.32. The van der Waals surface area contributed by atoms with Crippen molar-refractivity contribution in [3.63, 3.8) is 0 Å². The third-order valence-corrected chi connectivity index (χ3v) is 2.95. The van der Waals surface area contributed by atoms with E-state index < -0.39 is 30.0 Å². The van der Waals surface area contributed by atoms with Crippen molar-refractivity contribution < 1.29 is 29.0 Å². The Balaban J connectivity index is 1.83. The molecule has 0 spiro atoms. The van der Waals surface area contributed by atoms with Crippen molar-refractivity contribution in [1.82, 2.24) is 4.90 Å². The highest BCUT2D eigenvalue weighted by atomic mass is 16.5. The largest absolute Gasteiger partial charge is 0.481 e. The number of rotatable bonds is 7. The number of benzene rings is 1. The van der Waals surface area contributed by atoms with E-state index in [0.717, 1.165) is 4.90 Å². The molecule has 0 aromatic heterocycles. The maximum Gasteiger partial charge on any atom is 0.310 e. The van der Waals surface area contributed by atoms with Gasteiger partial charge in [0.2, 0.25) is 0 Å². The second-order valence-corrected chi connectivity index (χ2v) is 4.47. The van der Waals surface area contributed by atoms with Crippen LogP contribution in [-0.4, -0.2) is 53.3 Å². The highest BCUT2D eigenvalue weighted by Crippen LogP contribution is 2.21. The lowest BCUT2D eigenvalue weighted by Crippen LogP contribution is -2.33. The molecule has 0 atom stereocenters. The van der Waals surface area contributed by atoms with Gasteiger partial charge in [0.05, 0.1) is 24.3 Å². The Kier molecular flexibility index (Phi) is 4.44. The summed E-state index contributed by atoms with van der Waals surface area (Å²) in [5.41, 5.74) is 0.703. The van der Waals surface area contributed by atoms with Crippen molar-refractivity contribution in [3.05, 3.63) is 35.4 Å². The van der Waals surface area contributed by atoms with Crippen LogP contribution in [0.4, 0.5) is 0 Å². The number of hydrogen-bond donors (Lipinski definition) is 1. The average Bonchev–Trinajstić information content (AvgIpc) is 2.68. The molecule has 110 valence electrons. The highest BCUT2D eigenvalue weighted by Gasteiger charge is 2.34. The molecule has 0 radical (unpaired) electrons. The first-order valence-electron chi connectivity index (χ1n) is 6.27. The molecule has 1 aliphatic rings. The number of carbonyl (C=O) groups is 4. The quantitative estimate of drug-likeness (QED) is 0.442. The molecule has 1 heterocycles. The summed E-state index contributed by atoms with van der Waals surface area (Å²) in [4.78, 5) is 46.4. The van der Waals surface area contributed by atoms with Gasteiger partial charge in [-0.25, -0.2) is 0 Å². The molecule has 21 heavy (non-hydrogen) atoms. The van der Waals surface area contributed by atoms with Gasteiger partial charge in [0.15, 0.2) is 5.78 Å². The summed E-state index contributed by atoms with van der Waals surface area (Å²) in [6.07, 6.45) is -0.604. The maximum atomic E-state index is 12.0. The SMILES string of the molecule is O=C(O)CC(=O)COCCN1C(=O)c2ccccc2C1=O. The predicted octanol–water partition coefficient (Wildman–Crippen LogP) is 0.343. The zero-order chi connectivity index (χ0) is 15.4. The van der Waals surface area contributed by atoms with Crippen molar-refractivity contribution >= 4 is 23.6 Å². The topological polar surface area (TPSA) is 101 Å². The van der Waals surface area contributed by atoms with Crippen molar-refractivity contribution in [2.45, 2.75) is 6.42 Å². The fraction of sp³-hybridized carbons (Fsp3) is 0.286. The first-order chi connectivity index (χ1) is 10.0. The standard InChI is InChI=1S/C14H13NO6/c16-9(7-12(17)18)8-21-6-5-15-13(19)10-3-1-2-4-11(10)14(15)20/h1-4H,5-8H2,(H,17,18). The van der Waals surface area contributed by atoms with Crippen molar-refractivity contribution in [2.24, 2.45) is 0 Å². The summed E-state index contributed by atoms with van der Waals surface area (Å²) < 4.78 is 4.99. The molecule has 0 saturated carbocycles. The van der Waals surface area contributed by atoms with Crippen LogP contribution in [0.15, 0.2) is 24.3 Å². The average molecular weight is 291 g/mol. The molecule has 1 aromatic rings. The molecule has 1 aromatic carbocycles. The van der Waals surface area contributed by atoms with Crippen LogP contribution >= 0.6 is 0 Å². The van der Waals surface area contributed by atoms with E-state index in [1.807, 2.05) is 0 Å². The zero-order valence-corrected chi connectivity index (χ0v) is 11.1. The van der Waals surface area contributed by atoms with E-state index in [1.54, 1.807) is 24.3 Å². The third-order valence-electron chi connectivity index (χ3n) is 2.95. The summed E-state index contributed by atoms with van der Waals surface area (Å²) in [6.45, 7) is -0.348. The fourth-order valence-electron chi connectivity index (χ4n) is 2.00. The van der Waals surface area contributed by atoms with E-state index in [0.29, 0.717) is 11.1 Å². The Labute approximate surface area is 120 Å². The molecule has 0 fully saturated rings. The van der Waals surface area contributed by atoms with Gasteiger partial charge in [-0.3, -0.25) is 24.1 Å². The second kappa shape index (κ2) is 6.27. The highest BCUT2D eigenvalue weighted by molar-refractivity contribution is 6.21. The molecule has 1 N–H and O–H groups in total. The Bertz CT molecular complexity index is 574.